The fourth-order valence-corrected chi connectivity index (χ4v) is 3.53. The van der Waals surface area contributed by atoms with Gasteiger partial charge in [-0.05, 0) is 37.5 Å². The van der Waals surface area contributed by atoms with Crippen LogP contribution in [0.25, 0.3) is 0 Å². The van der Waals surface area contributed by atoms with Gasteiger partial charge >= 0.3 is 0 Å². The third kappa shape index (κ3) is 3.39. The van der Waals surface area contributed by atoms with Crippen LogP contribution >= 0.6 is 0 Å². The molecular formula is C17H26N4O. The Balaban J connectivity index is 1.67. The molecule has 0 bridgehead atoms. The quantitative estimate of drug-likeness (QED) is 0.842. The lowest BCUT2D eigenvalue weighted by atomic mass is 10.00. The summed E-state index contributed by atoms with van der Waals surface area (Å²) in [5.41, 5.74) is 0.475. The van der Waals surface area contributed by atoms with Crippen LogP contribution in [-0.2, 0) is 0 Å². The van der Waals surface area contributed by atoms with E-state index in [0.29, 0.717) is 17.5 Å². The molecule has 2 atom stereocenters. The summed E-state index contributed by atoms with van der Waals surface area (Å²) >= 11 is 0. The van der Waals surface area contributed by atoms with E-state index >= 15 is 0 Å². The number of hydrogen-bond donors (Lipinski definition) is 0. The number of anilines is 1. The van der Waals surface area contributed by atoms with Gasteiger partial charge in [-0.3, -0.25) is 4.79 Å². The lowest BCUT2D eigenvalue weighted by Crippen LogP contribution is -2.39. The van der Waals surface area contributed by atoms with E-state index < -0.39 is 0 Å². The molecule has 0 aliphatic carbocycles. The molecule has 120 valence electrons. The predicted molar refractivity (Wildman–Crippen MR) is 86.9 cm³/mol. The van der Waals surface area contributed by atoms with E-state index in [0.717, 1.165) is 38.4 Å². The van der Waals surface area contributed by atoms with E-state index in [9.17, 15) is 4.79 Å². The number of amides is 1. The zero-order valence-electron chi connectivity index (χ0n) is 13.7. The second-order valence-corrected chi connectivity index (χ2v) is 6.95. The van der Waals surface area contributed by atoms with E-state index in [2.05, 4.69) is 28.7 Å². The fourth-order valence-electron chi connectivity index (χ4n) is 3.53. The molecular weight excluding hydrogens is 276 g/mol. The van der Waals surface area contributed by atoms with Crippen molar-refractivity contribution in [2.24, 2.45) is 11.8 Å². The van der Waals surface area contributed by atoms with Gasteiger partial charge in [-0.1, -0.05) is 13.8 Å². The summed E-state index contributed by atoms with van der Waals surface area (Å²) in [5.74, 6) is 2.21. The van der Waals surface area contributed by atoms with Gasteiger partial charge in [0.1, 0.15) is 11.5 Å². The molecule has 2 unspecified atom stereocenters. The summed E-state index contributed by atoms with van der Waals surface area (Å²) in [7, 11) is 0. The summed E-state index contributed by atoms with van der Waals surface area (Å²) in [5, 5.41) is 0. The Bertz CT molecular complexity index is 516. The molecule has 1 aromatic rings. The monoisotopic (exact) mass is 302 g/mol. The maximum atomic E-state index is 12.5. The van der Waals surface area contributed by atoms with E-state index in [1.807, 2.05) is 4.90 Å². The maximum Gasteiger partial charge on any atom is 0.274 e. The van der Waals surface area contributed by atoms with E-state index in [-0.39, 0.29) is 5.91 Å². The lowest BCUT2D eigenvalue weighted by Gasteiger charge is -2.32. The standard InChI is InChI=1S/C17H26N4O/c1-13-5-3-7-20(11-13)16-10-18-15(9-19-16)17(22)21-8-4-6-14(2)12-21/h9-10,13-14H,3-8,11-12H2,1-2H3. The Hall–Kier alpha value is -1.65. The van der Waals surface area contributed by atoms with Gasteiger partial charge in [0.2, 0.25) is 0 Å². The summed E-state index contributed by atoms with van der Waals surface area (Å²) in [6.45, 7) is 8.23. The van der Waals surface area contributed by atoms with Gasteiger partial charge in [-0.15, -0.1) is 0 Å². The van der Waals surface area contributed by atoms with Crippen molar-refractivity contribution in [2.75, 3.05) is 31.1 Å². The average Bonchev–Trinajstić information content (AvgIpc) is 2.54. The zero-order valence-corrected chi connectivity index (χ0v) is 13.7. The van der Waals surface area contributed by atoms with Gasteiger partial charge in [-0.25, -0.2) is 9.97 Å². The van der Waals surface area contributed by atoms with Gasteiger partial charge < -0.3 is 9.80 Å². The third-order valence-corrected chi connectivity index (χ3v) is 4.78. The summed E-state index contributed by atoms with van der Waals surface area (Å²) < 4.78 is 0. The zero-order chi connectivity index (χ0) is 15.5. The van der Waals surface area contributed by atoms with Crippen LogP contribution in [0.1, 0.15) is 50.0 Å². The van der Waals surface area contributed by atoms with Crippen LogP contribution in [0.4, 0.5) is 5.82 Å². The Labute approximate surface area is 132 Å². The predicted octanol–water partition coefficient (Wildman–Crippen LogP) is 2.59. The van der Waals surface area contributed by atoms with Crippen molar-refractivity contribution in [2.45, 2.75) is 39.5 Å². The Morgan fingerprint density at radius 1 is 1.05 bits per heavy atom. The lowest BCUT2D eigenvalue weighted by molar-refractivity contribution is 0.0676. The number of aromatic nitrogens is 2. The van der Waals surface area contributed by atoms with E-state index in [4.69, 9.17) is 0 Å². The normalized spacial score (nSPS) is 26.1. The van der Waals surface area contributed by atoms with Gasteiger partial charge in [0.25, 0.3) is 5.91 Å². The molecule has 22 heavy (non-hydrogen) atoms. The Morgan fingerprint density at radius 2 is 1.77 bits per heavy atom. The van der Waals surface area contributed by atoms with Crippen LogP contribution in [0.2, 0.25) is 0 Å². The Morgan fingerprint density at radius 3 is 2.41 bits per heavy atom. The molecule has 0 aromatic carbocycles. The molecule has 3 heterocycles. The molecule has 2 aliphatic rings. The van der Waals surface area contributed by atoms with Crippen LogP contribution in [0.5, 0.6) is 0 Å². The number of likely N-dealkylation sites (tertiary alicyclic amines) is 1. The van der Waals surface area contributed by atoms with Crippen molar-refractivity contribution in [1.29, 1.82) is 0 Å². The number of nitrogens with zero attached hydrogens (tertiary/aromatic N) is 4. The molecule has 3 rings (SSSR count). The number of rotatable bonds is 2. The average molecular weight is 302 g/mol. The summed E-state index contributed by atoms with van der Waals surface area (Å²) in [6.07, 6.45) is 8.20. The second-order valence-electron chi connectivity index (χ2n) is 6.95. The second kappa shape index (κ2) is 6.63. The van der Waals surface area contributed by atoms with Crippen LogP contribution in [0, 0.1) is 11.8 Å². The van der Waals surface area contributed by atoms with Crippen LogP contribution < -0.4 is 4.90 Å². The van der Waals surface area contributed by atoms with Crippen molar-refractivity contribution in [1.82, 2.24) is 14.9 Å². The van der Waals surface area contributed by atoms with Crippen molar-refractivity contribution in [3.63, 3.8) is 0 Å². The molecule has 2 aliphatic heterocycles. The smallest absolute Gasteiger partial charge is 0.274 e. The first-order valence-corrected chi connectivity index (χ1v) is 8.49. The minimum atomic E-state index is 0.0256. The number of hydrogen-bond acceptors (Lipinski definition) is 4. The third-order valence-electron chi connectivity index (χ3n) is 4.78. The highest BCUT2D eigenvalue weighted by Gasteiger charge is 2.24. The van der Waals surface area contributed by atoms with E-state index in [1.165, 1.54) is 19.3 Å². The van der Waals surface area contributed by atoms with Crippen LogP contribution in [0.3, 0.4) is 0 Å². The van der Waals surface area contributed by atoms with Gasteiger partial charge in [0.15, 0.2) is 0 Å². The van der Waals surface area contributed by atoms with Crippen molar-refractivity contribution < 1.29 is 4.79 Å². The maximum absolute atomic E-state index is 12.5. The van der Waals surface area contributed by atoms with Gasteiger partial charge in [0, 0.05) is 26.2 Å². The molecule has 0 saturated carbocycles. The first-order chi connectivity index (χ1) is 10.6. The first kappa shape index (κ1) is 15.3. The number of piperidine rings is 2. The Kier molecular flexibility index (Phi) is 4.60. The van der Waals surface area contributed by atoms with Crippen molar-refractivity contribution in [3.05, 3.63) is 18.1 Å². The van der Waals surface area contributed by atoms with Crippen LogP contribution in [0.15, 0.2) is 12.4 Å². The molecule has 0 radical (unpaired) electrons. The fraction of sp³-hybridized carbons (Fsp3) is 0.706. The van der Waals surface area contributed by atoms with Crippen molar-refractivity contribution in [3.8, 4) is 0 Å². The van der Waals surface area contributed by atoms with Gasteiger partial charge in [-0.2, -0.15) is 0 Å². The number of carbonyl (C=O) groups is 1. The van der Waals surface area contributed by atoms with Crippen molar-refractivity contribution >= 4 is 11.7 Å². The van der Waals surface area contributed by atoms with Gasteiger partial charge in [0.05, 0.1) is 12.4 Å². The molecule has 5 nitrogen and oxygen atoms in total. The SMILES string of the molecule is CC1CCCN(C(=O)c2cnc(N3CCCC(C)C3)cn2)C1. The van der Waals surface area contributed by atoms with E-state index in [1.54, 1.807) is 12.4 Å². The first-order valence-electron chi connectivity index (χ1n) is 8.49. The molecule has 0 spiro atoms. The topological polar surface area (TPSA) is 49.3 Å². The molecule has 1 amide bonds. The molecule has 2 saturated heterocycles. The summed E-state index contributed by atoms with van der Waals surface area (Å²) in [4.78, 5) is 25.6. The molecule has 0 N–H and O–H groups in total. The molecule has 2 fully saturated rings. The largest absolute Gasteiger partial charge is 0.355 e. The minimum Gasteiger partial charge on any atom is -0.355 e. The molecule has 5 heteroatoms. The highest BCUT2D eigenvalue weighted by Crippen LogP contribution is 2.21. The minimum absolute atomic E-state index is 0.0256. The highest BCUT2D eigenvalue weighted by molar-refractivity contribution is 5.92. The van der Waals surface area contributed by atoms with Crippen LogP contribution in [-0.4, -0.2) is 47.0 Å². The molecule has 1 aromatic heterocycles. The summed E-state index contributed by atoms with van der Waals surface area (Å²) in [6, 6.07) is 0. The highest BCUT2D eigenvalue weighted by atomic mass is 16.2. The number of carbonyl (C=O) groups excluding carboxylic acids is 1.